The van der Waals surface area contributed by atoms with E-state index in [9.17, 15) is 18.9 Å². The Balaban J connectivity index is 0.738. The maximum absolute atomic E-state index is 13.0. The molecule has 0 spiro atoms. The van der Waals surface area contributed by atoms with Crippen LogP contribution in [-0.4, -0.2) is 121 Å². The predicted octanol–water partition coefficient (Wildman–Crippen LogP) is 6.83. The molecule has 0 saturated carbocycles. The molecule has 16 heteroatoms. The minimum absolute atomic E-state index is 0.162. The van der Waals surface area contributed by atoms with Gasteiger partial charge >= 0.3 is 0 Å². The molecule has 1 aromatic heterocycles. The Morgan fingerprint density at radius 2 is 1.70 bits per heavy atom. The highest BCUT2D eigenvalue weighted by atomic mass is 35.5. The summed E-state index contributed by atoms with van der Waals surface area (Å²) in [5.74, 6) is 7.20. The Morgan fingerprint density at radius 3 is 2.47 bits per heavy atom. The summed E-state index contributed by atoms with van der Waals surface area (Å²) in [6.07, 6.45) is 8.58. The van der Waals surface area contributed by atoms with Crippen molar-refractivity contribution in [1.82, 2.24) is 30.0 Å². The molecule has 8 rings (SSSR count). The normalized spacial score (nSPS) is 18.6. The zero-order valence-corrected chi connectivity index (χ0v) is 38.5. The van der Waals surface area contributed by atoms with Crippen molar-refractivity contribution >= 4 is 70.6 Å². The summed E-state index contributed by atoms with van der Waals surface area (Å²) in [6, 6.07) is 19.3. The van der Waals surface area contributed by atoms with Crippen molar-refractivity contribution in [2.24, 2.45) is 0 Å². The second kappa shape index (κ2) is 20.2. The zero-order chi connectivity index (χ0) is 44.8. The summed E-state index contributed by atoms with van der Waals surface area (Å²) in [4.78, 5) is 55.2. The highest BCUT2D eigenvalue weighted by molar-refractivity contribution is 7.70. The lowest BCUT2D eigenvalue weighted by atomic mass is 10.0. The largest absolute Gasteiger partial charge is 0.494 e. The number of imide groups is 1. The van der Waals surface area contributed by atoms with E-state index in [1.807, 2.05) is 48.5 Å². The maximum atomic E-state index is 13.0. The Hall–Kier alpha value is -5.45. The van der Waals surface area contributed by atoms with E-state index in [1.54, 1.807) is 31.5 Å². The highest BCUT2D eigenvalue weighted by Crippen LogP contribution is 2.39. The number of halogens is 1. The fourth-order valence-corrected chi connectivity index (χ4v) is 10.5. The number of methoxy groups -OCH3 is 1. The van der Waals surface area contributed by atoms with E-state index in [2.05, 4.69) is 64.6 Å². The average Bonchev–Trinajstić information content (AvgIpc) is 3.61. The maximum Gasteiger partial charge on any atom is 0.255 e. The third-order valence-corrected chi connectivity index (χ3v) is 14.5. The third-order valence-electron chi connectivity index (χ3n) is 12.7. The van der Waals surface area contributed by atoms with E-state index in [1.165, 1.54) is 0 Å². The van der Waals surface area contributed by atoms with Gasteiger partial charge in [0.1, 0.15) is 24.0 Å². The number of amides is 3. The number of rotatable bonds is 14. The minimum atomic E-state index is -2.54. The van der Waals surface area contributed by atoms with Gasteiger partial charge in [-0.25, -0.2) is 4.98 Å². The number of carbonyl (C=O) groups is 3. The molecule has 4 aromatic rings. The number of piperazine rings is 1. The molecule has 0 aliphatic carbocycles. The summed E-state index contributed by atoms with van der Waals surface area (Å²) < 4.78 is 18.7. The van der Waals surface area contributed by atoms with Crippen LogP contribution in [0.3, 0.4) is 0 Å². The smallest absolute Gasteiger partial charge is 0.255 e. The number of fused-ring (bicyclic) bond motifs is 1. The number of carbonyl (C=O) groups excluding carboxylic acids is 3. The number of unbranched alkanes of at least 4 members (excludes halogenated alkanes) is 3. The van der Waals surface area contributed by atoms with Gasteiger partial charge in [-0.2, -0.15) is 4.98 Å². The van der Waals surface area contributed by atoms with Crippen molar-refractivity contribution < 1.29 is 23.7 Å². The van der Waals surface area contributed by atoms with E-state index >= 15 is 0 Å². The van der Waals surface area contributed by atoms with Gasteiger partial charge in [0.25, 0.3) is 5.91 Å². The van der Waals surface area contributed by atoms with Gasteiger partial charge < -0.3 is 34.6 Å². The number of nitrogens with zero attached hydrogens (tertiary/aromatic N) is 6. The number of para-hydroxylation sites is 1. The standard InChI is InChI=1S/C48H57ClN9O5P/c1-63-42-30-36(15-17-39(42)52-48-50-31-38(49)45(54-48)51-40-12-8-9-13-43(40)64(2,3)62)56-23-20-35(21-24-56)57-27-25-55(26-28-57)22-10-6-4-5-7-11-33-14-16-37-34(29-33)32-58(47(37)61)41-18-19-44(59)53-46(41)60/h8-9,12-17,29-31,35,41H,4-6,10,18-28,32H2,1-3H3,(H,53,59,60)(H2,50,51,52,54). The van der Waals surface area contributed by atoms with E-state index in [-0.39, 0.29) is 18.2 Å². The van der Waals surface area contributed by atoms with Gasteiger partial charge in [0.2, 0.25) is 17.8 Å². The van der Waals surface area contributed by atoms with Crippen molar-refractivity contribution in [2.75, 3.05) is 81.8 Å². The van der Waals surface area contributed by atoms with Crippen LogP contribution < -0.4 is 30.9 Å². The third kappa shape index (κ3) is 10.7. The molecule has 14 nitrogen and oxygen atoms in total. The number of hydrogen-bond acceptors (Lipinski definition) is 12. The van der Waals surface area contributed by atoms with Gasteiger partial charge in [-0.15, -0.1) is 0 Å². The van der Waals surface area contributed by atoms with Crippen LogP contribution in [0, 0.1) is 11.8 Å². The summed E-state index contributed by atoms with van der Waals surface area (Å²) >= 11 is 6.49. The van der Waals surface area contributed by atoms with Crippen molar-refractivity contribution in [1.29, 1.82) is 0 Å². The number of benzene rings is 3. The molecule has 0 radical (unpaired) electrons. The zero-order valence-electron chi connectivity index (χ0n) is 36.9. The molecule has 64 heavy (non-hydrogen) atoms. The number of nitrogens with one attached hydrogen (secondary N) is 3. The molecule has 3 fully saturated rings. The molecule has 3 amide bonds. The van der Waals surface area contributed by atoms with Crippen LogP contribution in [0.1, 0.15) is 72.9 Å². The van der Waals surface area contributed by atoms with E-state index in [0.29, 0.717) is 52.8 Å². The first-order valence-electron chi connectivity index (χ1n) is 22.3. The summed E-state index contributed by atoms with van der Waals surface area (Å²) in [5.41, 5.74) is 4.93. The van der Waals surface area contributed by atoms with Gasteiger partial charge in [0, 0.05) is 92.9 Å². The lowest BCUT2D eigenvalue weighted by Crippen LogP contribution is -2.53. The van der Waals surface area contributed by atoms with Crippen LogP contribution in [0.5, 0.6) is 5.75 Å². The van der Waals surface area contributed by atoms with E-state index in [4.69, 9.17) is 16.3 Å². The number of anilines is 5. The van der Waals surface area contributed by atoms with E-state index in [0.717, 1.165) is 112 Å². The fourth-order valence-electron chi connectivity index (χ4n) is 9.18. The monoisotopic (exact) mass is 905 g/mol. The van der Waals surface area contributed by atoms with Gasteiger partial charge in [-0.1, -0.05) is 42.0 Å². The molecule has 1 atom stereocenters. The molecule has 336 valence electrons. The second-order valence-electron chi connectivity index (χ2n) is 17.4. The lowest BCUT2D eigenvalue weighted by Gasteiger charge is -2.43. The summed E-state index contributed by atoms with van der Waals surface area (Å²) in [5, 5.41) is 9.98. The van der Waals surface area contributed by atoms with Crippen LogP contribution in [-0.2, 0) is 20.7 Å². The quantitative estimate of drug-likeness (QED) is 0.0527. The van der Waals surface area contributed by atoms with Crippen LogP contribution >= 0.6 is 18.7 Å². The lowest BCUT2D eigenvalue weighted by molar-refractivity contribution is -0.136. The predicted molar refractivity (Wildman–Crippen MR) is 253 cm³/mol. The van der Waals surface area contributed by atoms with Crippen LogP contribution in [0.2, 0.25) is 5.02 Å². The Kier molecular flexibility index (Phi) is 14.2. The van der Waals surface area contributed by atoms with Crippen molar-refractivity contribution in [3.8, 4) is 17.6 Å². The molecule has 3 aromatic carbocycles. The second-order valence-corrected chi connectivity index (χ2v) is 21.0. The van der Waals surface area contributed by atoms with Gasteiger partial charge in [0.15, 0.2) is 5.82 Å². The number of ether oxygens (including phenoxy) is 1. The first-order chi connectivity index (χ1) is 30.9. The Morgan fingerprint density at radius 1 is 0.906 bits per heavy atom. The topological polar surface area (TPSA) is 152 Å². The number of aromatic nitrogens is 2. The Labute approximate surface area is 380 Å². The molecular weight excluding hydrogens is 849 g/mol. The molecule has 3 N–H and O–H groups in total. The van der Waals surface area contributed by atoms with Crippen LogP contribution in [0.25, 0.3) is 0 Å². The molecular formula is C48H57ClN9O5P. The summed E-state index contributed by atoms with van der Waals surface area (Å²) in [7, 11) is -0.878. The van der Waals surface area contributed by atoms with Gasteiger partial charge in [-0.05, 0) is 100 Å². The minimum Gasteiger partial charge on any atom is -0.494 e. The highest BCUT2D eigenvalue weighted by Gasteiger charge is 2.39. The SMILES string of the molecule is COc1cc(N2CCC(N3CCN(CCCCCC#Cc4ccc5c(c4)CN(C4CCC(=O)NC4=O)C5=O)CC3)CC2)ccc1Nc1ncc(Cl)c(Nc2ccccc2P(C)(C)=O)n1. The van der Waals surface area contributed by atoms with Gasteiger partial charge in [0.05, 0.1) is 24.7 Å². The molecule has 0 bridgehead atoms. The molecule has 1 unspecified atom stereocenters. The average molecular weight is 906 g/mol. The number of piperidine rings is 2. The van der Waals surface area contributed by atoms with Crippen molar-refractivity contribution in [3.63, 3.8) is 0 Å². The molecule has 5 heterocycles. The van der Waals surface area contributed by atoms with Gasteiger partial charge in [-0.3, -0.25) is 24.6 Å². The fraction of sp³-hybridized carbons (Fsp3) is 0.438. The Bertz CT molecular complexity index is 2490. The molecule has 4 aliphatic rings. The van der Waals surface area contributed by atoms with Crippen LogP contribution in [0.15, 0.2) is 66.9 Å². The van der Waals surface area contributed by atoms with E-state index < -0.39 is 19.1 Å². The first kappa shape index (κ1) is 45.1. The number of hydrogen-bond donors (Lipinski definition) is 3. The van der Waals surface area contributed by atoms with Crippen LogP contribution in [0.4, 0.5) is 28.8 Å². The summed E-state index contributed by atoms with van der Waals surface area (Å²) in [6.45, 7) is 11.4. The molecule has 3 saturated heterocycles. The van der Waals surface area contributed by atoms with Crippen molar-refractivity contribution in [3.05, 3.63) is 88.6 Å². The first-order valence-corrected chi connectivity index (χ1v) is 25.3. The van der Waals surface area contributed by atoms with Crippen molar-refractivity contribution in [2.45, 2.75) is 70.0 Å². The molecule has 4 aliphatic heterocycles.